The van der Waals surface area contributed by atoms with Gasteiger partial charge < -0.3 is 11.1 Å². The van der Waals surface area contributed by atoms with Crippen molar-refractivity contribution in [1.29, 1.82) is 5.26 Å². The van der Waals surface area contributed by atoms with Crippen LogP contribution in [0, 0.1) is 11.3 Å². The van der Waals surface area contributed by atoms with Gasteiger partial charge in [-0.1, -0.05) is 6.92 Å². The Morgan fingerprint density at radius 2 is 2.40 bits per heavy atom. The van der Waals surface area contributed by atoms with E-state index in [-0.39, 0.29) is 23.6 Å². The monoisotopic (exact) mass is 179 g/mol. The maximum absolute atomic E-state index is 8.35. The van der Waals surface area contributed by atoms with Crippen LogP contribution < -0.4 is 11.1 Å². The van der Waals surface area contributed by atoms with E-state index in [0.717, 1.165) is 0 Å². The van der Waals surface area contributed by atoms with Crippen molar-refractivity contribution >= 4 is 29.7 Å². The highest BCUT2D eigenvalue weighted by Gasteiger charge is 2.01. The zero-order valence-corrected chi connectivity index (χ0v) is 7.26. The smallest absolute Gasteiger partial charge is 0.164 e. The molecule has 58 valence electrons. The summed E-state index contributed by atoms with van der Waals surface area (Å²) in [6, 6.07) is 1.77. The molecule has 0 saturated carbocycles. The van der Waals surface area contributed by atoms with Crippen LogP contribution in [0.15, 0.2) is 0 Å². The van der Waals surface area contributed by atoms with Gasteiger partial charge in [-0.05, 0) is 18.6 Å². The van der Waals surface area contributed by atoms with Gasteiger partial charge in [-0.15, -0.1) is 12.4 Å². The largest absolute Gasteiger partial charge is 0.376 e. The lowest BCUT2D eigenvalue weighted by molar-refractivity contribution is 0.716. The number of nitriles is 1. The normalized spacial score (nSPS) is 10.4. The van der Waals surface area contributed by atoms with Crippen molar-refractivity contribution in [3.05, 3.63) is 0 Å². The van der Waals surface area contributed by atoms with E-state index in [9.17, 15) is 0 Å². The van der Waals surface area contributed by atoms with Crippen molar-refractivity contribution in [2.45, 2.75) is 19.4 Å². The average Bonchev–Trinajstić information content (AvgIpc) is 1.82. The second-order valence-corrected chi connectivity index (χ2v) is 2.04. The van der Waals surface area contributed by atoms with Gasteiger partial charge in [0.05, 0.1) is 6.07 Å². The molecule has 0 bridgehead atoms. The molecule has 5 heteroatoms. The summed E-state index contributed by atoms with van der Waals surface area (Å²) in [7, 11) is 0. The number of halogens is 1. The summed E-state index contributed by atoms with van der Waals surface area (Å²) in [5, 5.41) is 11.2. The number of nitrogens with one attached hydrogen (secondary N) is 1. The van der Waals surface area contributed by atoms with Crippen LogP contribution in [-0.2, 0) is 0 Å². The SMILES string of the molecule is CCC(C#N)NC(N)=S.Cl. The third-order valence-corrected chi connectivity index (χ3v) is 0.998. The van der Waals surface area contributed by atoms with Gasteiger partial charge in [-0.3, -0.25) is 0 Å². The predicted molar refractivity (Wildman–Crippen MR) is 46.9 cm³/mol. The fourth-order valence-electron chi connectivity index (χ4n) is 0.397. The lowest BCUT2D eigenvalue weighted by Crippen LogP contribution is -2.36. The summed E-state index contributed by atoms with van der Waals surface area (Å²) in [5.74, 6) is 0. The van der Waals surface area contributed by atoms with E-state index in [1.165, 1.54) is 0 Å². The first-order valence-electron chi connectivity index (χ1n) is 2.66. The fourth-order valence-corrected chi connectivity index (χ4v) is 0.540. The Hall–Kier alpha value is -0.530. The molecule has 0 heterocycles. The number of nitrogens with two attached hydrogens (primary N) is 1. The molecule has 0 aliphatic carbocycles. The summed E-state index contributed by atoms with van der Waals surface area (Å²) in [5.41, 5.74) is 5.11. The van der Waals surface area contributed by atoms with E-state index in [2.05, 4.69) is 17.5 Å². The first-order chi connectivity index (χ1) is 4.20. The molecule has 3 nitrogen and oxygen atoms in total. The molecule has 3 N–H and O–H groups in total. The summed E-state index contributed by atoms with van der Waals surface area (Å²) in [6.45, 7) is 1.89. The van der Waals surface area contributed by atoms with Crippen LogP contribution in [0.2, 0.25) is 0 Å². The average molecular weight is 180 g/mol. The Morgan fingerprint density at radius 3 is 2.50 bits per heavy atom. The molecule has 0 rings (SSSR count). The Kier molecular flexibility index (Phi) is 8.02. The third kappa shape index (κ3) is 5.60. The van der Waals surface area contributed by atoms with Gasteiger partial charge in [-0.25, -0.2) is 0 Å². The molecule has 0 aliphatic heterocycles. The van der Waals surface area contributed by atoms with Crippen molar-refractivity contribution < 1.29 is 0 Å². The second kappa shape index (κ2) is 6.59. The van der Waals surface area contributed by atoms with E-state index in [1.54, 1.807) is 0 Å². The van der Waals surface area contributed by atoms with Crippen LogP contribution in [0.1, 0.15) is 13.3 Å². The lowest BCUT2D eigenvalue weighted by atomic mass is 10.3. The molecule has 0 saturated heterocycles. The molecule has 0 aromatic carbocycles. The summed E-state index contributed by atoms with van der Waals surface area (Å²) >= 11 is 4.52. The van der Waals surface area contributed by atoms with Gasteiger partial charge in [0.1, 0.15) is 6.04 Å². The van der Waals surface area contributed by atoms with Crippen molar-refractivity contribution in [2.24, 2.45) is 5.73 Å². The highest BCUT2D eigenvalue weighted by atomic mass is 35.5. The Bertz CT molecular complexity index is 142. The van der Waals surface area contributed by atoms with Gasteiger partial charge in [-0.2, -0.15) is 5.26 Å². The summed E-state index contributed by atoms with van der Waals surface area (Å²) < 4.78 is 0. The number of nitrogens with zero attached hydrogens (tertiary/aromatic N) is 1. The standard InChI is InChI=1S/C5H9N3S.ClH/c1-2-4(3-6)8-5(7)9;/h4H,2H2,1H3,(H3,7,8,9);1H. The molecule has 0 spiro atoms. The number of hydrogen-bond donors (Lipinski definition) is 2. The molecule has 1 atom stereocenters. The second-order valence-electron chi connectivity index (χ2n) is 1.60. The van der Waals surface area contributed by atoms with Gasteiger partial charge in [0, 0.05) is 0 Å². The van der Waals surface area contributed by atoms with Gasteiger partial charge >= 0.3 is 0 Å². The van der Waals surface area contributed by atoms with Crippen LogP contribution in [0.4, 0.5) is 0 Å². The van der Waals surface area contributed by atoms with E-state index in [4.69, 9.17) is 11.0 Å². The Balaban J connectivity index is 0. The van der Waals surface area contributed by atoms with Crippen LogP contribution in [0.5, 0.6) is 0 Å². The molecule has 1 unspecified atom stereocenters. The van der Waals surface area contributed by atoms with Gasteiger partial charge in [0.15, 0.2) is 5.11 Å². The van der Waals surface area contributed by atoms with E-state index in [1.807, 2.05) is 13.0 Å². The van der Waals surface area contributed by atoms with Crippen LogP contribution in [0.25, 0.3) is 0 Å². The van der Waals surface area contributed by atoms with Crippen molar-refractivity contribution in [1.82, 2.24) is 5.32 Å². The lowest BCUT2D eigenvalue weighted by Gasteiger charge is -2.06. The quantitative estimate of drug-likeness (QED) is 0.608. The molecule has 0 amide bonds. The highest BCUT2D eigenvalue weighted by Crippen LogP contribution is 1.85. The molecule has 0 radical (unpaired) electrons. The van der Waals surface area contributed by atoms with E-state index >= 15 is 0 Å². The predicted octanol–water partition coefficient (Wildman–Crippen LogP) is 0.544. The zero-order valence-electron chi connectivity index (χ0n) is 5.63. The van der Waals surface area contributed by atoms with Gasteiger partial charge in [0.2, 0.25) is 0 Å². The minimum Gasteiger partial charge on any atom is -0.376 e. The first-order valence-corrected chi connectivity index (χ1v) is 3.07. The maximum Gasteiger partial charge on any atom is 0.164 e. The zero-order chi connectivity index (χ0) is 7.28. The molecule has 10 heavy (non-hydrogen) atoms. The summed E-state index contributed by atoms with van der Waals surface area (Å²) in [6.07, 6.45) is 0.716. The van der Waals surface area contributed by atoms with Crippen molar-refractivity contribution in [3.8, 4) is 6.07 Å². The Morgan fingerprint density at radius 1 is 1.90 bits per heavy atom. The number of hydrogen-bond acceptors (Lipinski definition) is 2. The van der Waals surface area contributed by atoms with Crippen LogP contribution in [0.3, 0.4) is 0 Å². The number of rotatable bonds is 2. The van der Waals surface area contributed by atoms with Crippen LogP contribution >= 0.6 is 24.6 Å². The van der Waals surface area contributed by atoms with Crippen molar-refractivity contribution in [3.63, 3.8) is 0 Å². The van der Waals surface area contributed by atoms with Crippen LogP contribution in [-0.4, -0.2) is 11.2 Å². The molecular weight excluding hydrogens is 170 g/mol. The van der Waals surface area contributed by atoms with Crippen molar-refractivity contribution in [2.75, 3.05) is 0 Å². The molecular formula is C5H10ClN3S. The van der Waals surface area contributed by atoms with Gasteiger partial charge in [0.25, 0.3) is 0 Å². The summed E-state index contributed by atoms with van der Waals surface area (Å²) in [4.78, 5) is 0. The molecule has 0 aliphatic rings. The minimum absolute atomic E-state index is 0. The molecule has 0 aromatic heterocycles. The highest BCUT2D eigenvalue weighted by molar-refractivity contribution is 7.80. The maximum atomic E-state index is 8.35. The van der Waals surface area contributed by atoms with E-state index < -0.39 is 0 Å². The molecule has 0 fully saturated rings. The first kappa shape index (κ1) is 12.2. The Labute approximate surface area is 72.0 Å². The minimum atomic E-state index is -0.234. The number of thiocarbonyl (C=S) groups is 1. The topological polar surface area (TPSA) is 61.8 Å². The third-order valence-electron chi connectivity index (χ3n) is 0.881. The fraction of sp³-hybridized carbons (Fsp3) is 0.600. The van der Waals surface area contributed by atoms with E-state index in [0.29, 0.717) is 6.42 Å². The molecule has 0 aromatic rings.